The minimum atomic E-state index is -2.67. The molecule has 0 saturated heterocycles. The quantitative estimate of drug-likeness (QED) is 0.390. The Labute approximate surface area is 67.8 Å². The van der Waals surface area contributed by atoms with Crippen LogP contribution in [0.4, 0.5) is 0 Å². The SMILES string of the molecule is CS(C)(=O)=O.[CaH2]. The third kappa shape index (κ3) is 63.1. The third-order valence-electron chi connectivity index (χ3n) is 0. The molecule has 0 bridgehead atoms. The Balaban J connectivity index is 0. The van der Waals surface area contributed by atoms with E-state index in [0.29, 0.717) is 0 Å². The van der Waals surface area contributed by atoms with Crippen molar-refractivity contribution in [2.24, 2.45) is 0 Å². The second-order valence-electron chi connectivity index (χ2n) is 1.14. The summed E-state index contributed by atoms with van der Waals surface area (Å²) < 4.78 is 19.3. The van der Waals surface area contributed by atoms with Gasteiger partial charge in [-0.3, -0.25) is 0 Å². The van der Waals surface area contributed by atoms with Crippen LogP contribution in [0, 0.1) is 0 Å². The van der Waals surface area contributed by atoms with Gasteiger partial charge in [0.05, 0.1) is 0 Å². The molecule has 0 saturated carbocycles. The predicted molar refractivity (Wildman–Crippen MR) is 29.3 cm³/mol. The zero-order valence-electron chi connectivity index (χ0n) is 3.22. The molecule has 0 radical (unpaired) electrons. The normalized spacial score (nSPS) is 9.67. The van der Waals surface area contributed by atoms with Crippen molar-refractivity contribution in [3.05, 3.63) is 0 Å². The summed E-state index contributed by atoms with van der Waals surface area (Å²) in [7, 11) is -2.67. The van der Waals surface area contributed by atoms with Crippen LogP contribution in [0.2, 0.25) is 0 Å². The Morgan fingerprint density at radius 1 is 1.17 bits per heavy atom. The molecule has 0 aliphatic heterocycles. The van der Waals surface area contributed by atoms with Gasteiger partial charge in [-0.05, 0) is 0 Å². The summed E-state index contributed by atoms with van der Waals surface area (Å²) in [5, 5.41) is 0. The van der Waals surface area contributed by atoms with Gasteiger partial charge >= 0.3 is 37.7 Å². The van der Waals surface area contributed by atoms with E-state index < -0.39 is 9.84 Å². The second kappa shape index (κ2) is 3.24. The Morgan fingerprint density at radius 3 is 1.17 bits per heavy atom. The number of hydrogen-bond acceptors (Lipinski definition) is 2. The van der Waals surface area contributed by atoms with Crippen molar-refractivity contribution in [2.75, 3.05) is 12.5 Å². The third-order valence-corrected chi connectivity index (χ3v) is 0. The van der Waals surface area contributed by atoms with Crippen LogP contribution in [0.3, 0.4) is 0 Å². The monoisotopic (exact) mass is 136 g/mol. The van der Waals surface area contributed by atoms with E-state index in [1.165, 1.54) is 0 Å². The van der Waals surface area contributed by atoms with Gasteiger partial charge in [-0.2, -0.15) is 0 Å². The maximum absolute atomic E-state index is 9.63. The van der Waals surface area contributed by atoms with E-state index >= 15 is 0 Å². The summed E-state index contributed by atoms with van der Waals surface area (Å²) in [5.41, 5.74) is 0. The van der Waals surface area contributed by atoms with E-state index in [1.807, 2.05) is 0 Å². The average molecular weight is 136 g/mol. The van der Waals surface area contributed by atoms with Gasteiger partial charge in [0, 0.05) is 12.5 Å². The average Bonchev–Trinajstić information content (AvgIpc) is 0.722. The second-order valence-corrected chi connectivity index (χ2v) is 3.43. The summed E-state index contributed by atoms with van der Waals surface area (Å²) in [4.78, 5) is 0. The number of rotatable bonds is 0. The van der Waals surface area contributed by atoms with Crippen molar-refractivity contribution >= 4 is 47.6 Å². The molecule has 0 atom stereocenters. The predicted octanol–water partition coefficient (Wildman–Crippen LogP) is -1.26. The van der Waals surface area contributed by atoms with E-state index in [2.05, 4.69) is 0 Å². The van der Waals surface area contributed by atoms with E-state index in [1.54, 1.807) is 0 Å². The van der Waals surface area contributed by atoms with Gasteiger partial charge in [0.1, 0.15) is 9.84 Å². The van der Waals surface area contributed by atoms with Gasteiger partial charge in [-0.25, -0.2) is 8.42 Å². The van der Waals surface area contributed by atoms with Gasteiger partial charge in [-0.15, -0.1) is 0 Å². The zero-order chi connectivity index (χ0) is 4.50. The molecule has 0 heterocycles. The summed E-state index contributed by atoms with van der Waals surface area (Å²) in [6.07, 6.45) is 2.32. The van der Waals surface area contributed by atoms with Crippen molar-refractivity contribution in [3.63, 3.8) is 0 Å². The molecule has 6 heavy (non-hydrogen) atoms. The molecule has 2 nitrogen and oxygen atoms in total. The molecule has 0 amide bonds. The van der Waals surface area contributed by atoms with Gasteiger partial charge in [-0.1, -0.05) is 0 Å². The Morgan fingerprint density at radius 2 is 1.17 bits per heavy atom. The van der Waals surface area contributed by atoms with Crippen molar-refractivity contribution in [2.45, 2.75) is 0 Å². The first-order valence-electron chi connectivity index (χ1n) is 1.15. The first-order chi connectivity index (χ1) is 2.00. The molecule has 0 aromatic heterocycles. The van der Waals surface area contributed by atoms with Crippen LogP contribution in [0.5, 0.6) is 0 Å². The Bertz CT molecular complexity index is 94.7. The molecule has 0 aromatic rings. The standard InChI is InChI=1S/C2H6O2S.Ca.2H/c1-5(2,3)4;;;/h1-2H3;;;. The van der Waals surface area contributed by atoms with E-state index in [-0.39, 0.29) is 37.7 Å². The van der Waals surface area contributed by atoms with Gasteiger partial charge in [0.25, 0.3) is 0 Å². The van der Waals surface area contributed by atoms with Crippen LogP contribution in [0.15, 0.2) is 0 Å². The van der Waals surface area contributed by atoms with Gasteiger partial charge < -0.3 is 0 Å². The molecule has 0 aromatic carbocycles. The minimum absolute atomic E-state index is 0. The summed E-state index contributed by atoms with van der Waals surface area (Å²) in [5.74, 6) is 0. The molecule has 0 aliphatic rings. The summed E-state index contributed by atoms with van der Waals surface area (Å²) >= 11 is 0. The van der Waals surface area contributed by atoms with Gasteiger partial charge in [0.15, 0.2) is 0 Å². The molecule has 36 valence electrons. The molecule has 0 spiro atoms. The van der Waals surface area contributed by atoms with Gasteiger partial charge in [0.2, 0.25) is 0 Å². The Kier molecular flexibility index (Phi) is 5.54. The van der Waals surface area contributed by atoms with Crippen LogP contribution in [-0.2, 0) is 9.84 Å². The fraction of sp³-hybridized carbons (Fsp3) is 1.00. The number of hydrogen-bond donors (Lipinski definition) is 0. The molecule has 0 unspecified atom stereocenters. The van der Waals surface area contributed by atoms with E-state index in [4.69, 9.17) is 0 Å². The molecule has 0 aliphatic carbocycles. The summed E-state index contributed by atoms with van der Waals surface area (Å²) in [6, 6.07) is 0. The first-order valence-corrected chi connectivity index (χ1v) is 3.45. The molecule has 0 N–H and O–H groups in total. The van der Waals surface area contributed by atoms with Crippen molar-refractivity contribution < 1.29 is 8.42 Å². The molecule has 4 heteroatoms. The van der Waals surface area contributed by atoms with Crippen molar-refractivity contribution in [1.82, 2.24) is 0 Å². The first kappa shape index (κ1) is 10.2. The topological polar surface area (TPSA) is 34.1 Å². The van der Waals surface area contributed by atoms with E-state index in [0.717, 1.165) is 12.5 Å². The van der Waals surface area contributed by atoms with Crippen molar-refractivity contribution in [3.8, 4) is 0 Å². The summed E-state index contributed by atoms with van der Waals surface area (Å²) in [6.45, 7) is 0. The zero-order valence-corrected chi connectivity index (χ0v) is 4.04. The maximum atomic E-state index is 9.63. The van der Waals surface area contributed by atoms with Crippen LogP contribution >= 0.6 is 0 Å². The molecule has 0 rings (SSSR count). The molecular formula is C2H8CaO2S. The number of sulfone groups is 1. The molecule has 0 fully saturated rings. The van der Waals surface area contributed by atoms with Crippen LogP contribution in [-0.4, -0.2) is 58.7 Å². The Hall–Kier alpha value is 1.21. The fourth-order valence-corrected chi connectivity index (χ4v) is 0. The van der Waals surface area contributed by atoms with E-state index in [9.17, 15) is 8.42 Å². The van der Waals surface area contributed by atoms with Crippen LogP contribution < -0.4 is 0 Å². The van der Waals surface area contributed by atoms with Crippen LogP contribution in [0.1, 0.15) is 0 Å². The van der Waals surface area contributed by atoms with Crippen molar-refractivity contribution in [1.29, 1.82) is 0 Å². The molecular weight excluding hydrogens is 128 g/mol. The fourth-order valence-electron chi connectivity index (χ4n) is 0. The van der Waals surface area contributed by atoms with Crippen LogP contribution in [0.25, 0.3) is 0 Å².